The maximum Gasteiger partial charge on any atom is 0.0465 e. The summed E-state index contributed by atoms with van der Waals surface area (Å²) in [7, 11) is 0. The molecular formula is C13H19Cl2NO. The van der Waals surface area contributed by atoms with Gasteiger partial charge in [0.25, 0.3) is 0 Å². The number of rotatable bonds is 6. The summed E-state index contributed by atoms with van der Waals surface area (Å²) < 4.78 is 0. The van der Waals surface area contributed by atoms with E-state index in [4.69, 9.17) is 28.3 Å². The highest BCUT2D eigenvalue weighted by Gasteiger charge is 2.13. The van der Waals surface area contributed by atoms with Crippen LogP contribution in [0.15, 0.2) is 18.2 Å². The van der Waals surface area contributed by atoms with Gasteiger partial charge in [0, 0.05) is 34.8 Å². The van der Waals surface area contributed by atoms with Gasteiger partial charge < -0.3 is 10.4 Å². The highest BCUT2D eigenvalue weighted by Crippen LogP contribution is 2.24. The fourth-order valence-electron chi connectivity index (χ4n) is 1.74. The van der Waals surface area contributed by atoms with Gasteiger partial charge in [-0.3, -0.25) is 0 Å². The first-order valence-electron chi connectivity index (χ1n) is 5.83. The first kappa shape index (κ1) is 14.8. The van der Waals surface area contributed by atoms with Crippen LogP contribution in [0.5, 0.6) is 0 Å². The summed E-state index contributed by atoms with van der Waals surface area (Å²) in [5.41, 5.74) is 0.916. The summed E-state index contributed by atoms with van der Waals surface area (Å²) in [6, 6.07) is 5.77. The summed E-state index contributed by atoms with van der Waals surface area (Å²) in [6.45, 7) is 5.07. The van der Waals surface area contributed by atoms with Crippen LogP contribution in [-0.4, -0.2) is 17.8 Å². The second-order valence-electron chi connectivity index (χ2n) is 4.44. The van der Waals surface area contributed by atoms with Crippen LogP contribution in [-0.2, 0) is 6.54 Å². The molecule has 1 atom stereocenters. The molecular weight excluding hydrogens is 257 g/mol. The van der Waals surface area contributed by atoms with Crippen LogP contribution in [0.3, 0.4) is 0 Å². The molecule has 0 bridgehead atoms. The Kier molecular flexibility index (Phi) is 6.28. The highest BCUT2D eigenvalue weighted by molar-refractivity contribution is 6.35. The van der Waals surface area contributed by atoms with Gasteiger partial charge in [-0.1, -0.05) is 43.1 Å². The molecule has 1 aromatic carbocycles. The van der Waals surface area contributed by atoms with Crippen LogP contribution >= 0.6 is 23.2 Å². The lowest BCUT2D eigenvalue weighted by atomic mass is 10.0. The Morgan fingerprint density at radius 1 is 1.24 bits per heavy atom. The van der Waals surface area contributed by atoms with Crippen LogP contribution in [0, 0.1) is 5.92 Å². The minimum atomic E-state index is 0.187. The number of aliphatic hydroxyl groups is 1. The Labute approximate surface area is 113 Å². The number of nitrogens with one attached hydrogen (secondary N) is 1. The van der Waals surface area contributed by atoms with Crippen LogP contribution in [0.2, 0.25) is 10.0 Å². The molecule has 0 amide bonds. The van der Waals surface area contributed by atoms with E-state index in [1.165, 1.54) is 0 Å². The van der Waals surface area contributed by atoms with E-state index in [2.05, 4.69) is 19.2 Å². The molecule has 1 aromatic rings. The van der Waals surface area contributed by atoms with E-state index >= 15 is 0 Å². The monoisotopic (exact) mass is 275 g/mol. The van der Waals surface area contributed by atoms with Crippen LogP contribution < -0.4 is 5.32 Å². The quantitative estimate of drug-likeness (QED) is 0.833. The number of hydrogen-bond donors (Lipinski definition) is 2. The molecule has 1 rings (SSSR count). The zero-order valence-corrected chi connectivity index (χ0v) is 11.7. The maximum absolute atomic E-state index is 9.00. The molecule has 1 unspecified atom stereocenters. The average Bonchev–Trinajstić information content (AvgIpc) is 2.26. The van der Waals surface area contributed by atoms with Crippen molar-refractivity contribution >= 4 is 23.2 Å². The van der Waals surface area contributed by atoms with Gasteiger partial charge in [-0.25, -0.2) is 0 Å². The molecule has 0 fully saturated rings. The maximum atomic E-state index is 9.00. The van der Waals surface area contributed by atoms with Crippen LogP contribution in [0.25, 0.3) is 0 Å². The van der Waals surface area contributed by atoms with Gasteiger partial charge in [-0.15, -0.1) is 0 Å². The Morgan fingerprint density at radius 2 is 1.82 bits per heavy atom. The van der Waals surface area contributed by atoms with Crippen molar-refractivity contribution in [2.75, 3.05) is 6.61 Å². The standard InChI is InChI=1S/C13H19Cl2NO/c1-9(2)13(6-7-17)16-8-10-11(14)4-3-5-12(10)15/h3-5,9,13,16-17H,6-8H2,1-2H3. The van der Waals surface area contributed by atoms with E-state index in [1.807, 2.05) is 18.2 Å². The minimum absolute atomic E-state index is 0.187. The molecule has 0 heterocycles. The van der Waals surface area contributed by atoms with Gasteiger partial charge in [0.15, 0.2) is 0 Å². The van der Waals surface area contributed by atoms with Gasteiger partial charge in [0.2, 0.25) is 0 Å². The van der Waals surface area contributed by atoms with E-state index in [1.54, 1.807) is 0 Å². The van der Waals surface area contributed by atoms with E-state index in [-0.39, 0.29) is 12.6 Å². The Morgan fingerprint density at radius 3 is 2.29 bits per heavy atom. The zero-order chi connectivity index (χ0) is 12.8. The topological polar surface area (TPSA) is 32.3 Å². The molecule has 2 nitrogen and oxygen atoms in total. The molecule has 0 saturated carbocycles. The first-order chi connectivity index (χ1) is 8.06. The van der Waals surface area contributed by atoms with Crippen molar-refractivity contribution in [3.63, 3.8) is 0 Å². The van der Waals surface area contributed by atoms with Crippen molar-refractivity contribution in [2.45, 2.75) is 32.9 Å². The van der Waals surface area contributed by atoms with Gasteiger partial charge in [0.1, 0.15) is 0 Å². The Balaban J connectivity index is 2.65. The lowest BCUT2D eigenvalue weighted by Gasteiger charge is -2.22. The number of benzene rings is 1. The van der Waals surface area contributed by atoms with E-state index < -0.39 is 0 Å². The number of halogens is 2. The first-order valence-corrected chi connectivity index (χ1v) is 6.59. The SMILES string of the molecule is CC(C)C(CCO)NCc1c(Cl)cccc1Cl. The molecule has 96 valence electrons. The van der Waals surface area contributed by atoms with E-state index in [0.29, 0.717) is 22.5 Å². The molecule has 0 aliphatic rings. The van der Waals surface area contributed by atoms with Crippen molar-refractivity contribution in [1.29, 1.82) is 0 Å². The fourth-order valence-corrected chi connectivity index (χ4v) is 2.28. The summed E-state index contributed by atoms with van der Waals surface area (Å²) >= 11 is 12.2. The van der Waals surface area contributed by atoms with Crippen molar-refractivity contribution in [3.05, 3.63) is 33.8 Å². The fraction of sp³-hybridized carbons (Fsp3) is 0.538. The predicted octanol–water partition coefficient (Wildman–Crippen LogP) is 3.49. The third kappa shape index (κ3) is 4.47. The average molecular weight is 276 g/mol. The third-order valence-corrected chi connectivity index (χ3v) is 3.56. The van der Waals surface area contributed by atoms with Crippen LogP contribution in [0.1, 0.15) is 25.8 Å². The van der Waals surface area contributed by atoms with Gasteiger partial charge in [0.05, 0.1) is 0 Å². The van der Waals surface area contributed by atoms with Crippen molar-refractivity contribution in [2.24, 2.45) is 5.92 Å². The van der Waals surface area contributed by atoms with Gasteiger partial charge >= 0.3 is 0 Å². The van der Waals surface area contributed by atoms with Crippen LogP contribution in [0.4, 0.5) is 0 Å². The second-order valence-corrected chi connectivity index (χ2v) is 5.26. The third-order valence-electron chi connectivity index (χ3n) is 2.85. The van der Waals surface area contributed by atoms with E-state index in [0.717, 1.165) is 12.0 Å². The number of aliphatic hydroxyl groups excluding tert-OH is 1. The smallest absolute Gasteiger partial charge is 0.0465 e. The molecule has 4 heteroatoms. The summed E-state index contributed by atoms with van der Waals surface area (Å²) in [6.07, 6.45) is 0.736. The van der Waals surface area contributed by atoms with Crippen molar-refractivity contribution < 1.29 is 5.11 Å². The van der Waals surface area contributed by atoms with E-state index in [9.17, 15) is 0 Å². The van der Waals surface area contributed by atoms with Crippen molar-refractivity contribution in [3.8, 4) is 0 Å². The molecule has 2 N–H and O–H groups in total. The Bertz CT molecular complexity index is 335. The summed E-state index contributed by atoms with van der Waals surface area (Å²) in [5.74, 6) is 0.461. The molecule has 0 spiro atoms. The second kappa shape index (κ2) is 7.22. The lowest BCUT2D eigenvalue weighted by Crippen LogP contribution is -2.34. The molecule has 17 heavy (non-hydrogen) atoms. The normalized spacial score (nSPS) is 13.1. The zero-order valence-electron chi connectivity index (χ0n) is 10.2. The summed E-state index contributed by atoms with van der Waals surface area (Å²) in [5, 5.41) is 13.7. The lowest BCUT2D eigenvalue weighted by molar-refractivity contribution is 0.244. The largest absolute Gasteiger partial charge is 0.396 e. The Hall–Kier alpha value is -0.280. The molecule has 0 aromatic heterocycles. The molecule has 0 radical (unpaired) electrons. The van der Waals surface area contributed by atoms with Crippen molar-refractivity contribution in [1.82, 2.24) is 5.32 Å². The highest BCUT2D eigenvalue weighted by atomic mass is 35.5. The van der Waals surface area contributed by atoms with Gasteiger partial charge in [-0.2, -0.15) is 0 Å². The predicted molar refractivity (Wildman–Crippen MR) is 73.6 cm³/mol. The summed E-state index contributed by atoms with van der Waals surface area (Å²) in [4.78, 5) is 0. The number of hydrogen-bond acceptors (Lipinski definition) is 2. The molecule has 0 aliphatic carbocycles. The molecule has 0 aliphatic heterocycles. The van der Waals surface area contributed by atoms with Gasteiger partial charge in [-0.05, 0) is 24.5 Å². The minimum Gasteiger partial charge on any atom is -0.396 e. The molecule has 0 saturated heterocycles.